The number of aliphatic imine (C=N–C) groups is 1. The van der Waals surface area contributed by atoms with Gasteiger partial charge in [-0.1, -0.05) is 32.1 Å². The SMILES string of the molecule is C=N/C=C(/C(C)=C/C=C\CC)N(C)CC1CC2(CCN(C(=O)CCCS(=O)CC)CC2)C1. The van der Waals surface area contributed by atoms with Crippen molar-refractivity contribution in [2.75, 3.05) is 38.2 Å². The highest BCUT2D eigenvalue weighted by atomic mass is 32.2. The van der Waals surface area contributed by atoms with Crippen molar-refractivity contribution in [1.82, 2.24) is 9.80 Å². The Morgan fingerprint density at radius 1 is 1.28 bits per heavy atom. The van der Waals surface area contributed by atoms with Gasteiger partial charge in [0.05, 0.1) is 5.70 Å². The Kier molecular flexibility index (Phi) is 10.9. The highest BCUT2D eigenvalue weighted by Gasteiger charge is 2.46. The van der Waals surface area contributed by atoms with E-state index in [0.717, 1.165) is 51.0 Å². The van der Waals surface area contributed by atoms with E-state index < -0.39 is 10.8 Å². The van der Waals surface area contributed by atoms with E-state index in [9.17, 15) is 9.00 Å². The lowest BCUT2D eigenvalue weighted by Crippen LogP contribution is -2.50. The van der Waals surface area contributed by atoms with Crippen LogP contribution in [-0.2, 0) is 15.6 Å². The Balaban J connectivity index is 1.78. The average molecular weight is 462 g/mol. The molecule has 1 saturated carbocycles. The number of piperidine rings is 1. The van der Waals surface area contributed by atoms with Crippen molar-refractivity contribution in [2.45, 2.75) is 65.7 Å². The molecule has 5 nitrogen and oxygen atoms in total. The van der Waals surface area contributed by atoms with Gasteiger partial charge in [0.2, 0.25) is 5.91 Å². The molecule has 1 spiro atoms. The second-order valence-corrected chi connectivity index (χ2v) is 11.3. The maximum atomic E-state index is 12.5. The first kappa shape index (κ1) is 26.6. The molecular formula is C26H43N3O2S. The van der Waals surface area contributed by atoms with Crippen LogP contribution in [0.15, 0.2) is 40.7 Å². The third kappa shape index (κ3) is 7.72. The summed E-state index contributed by atoms with van der Waals surface area (Å²) in [4.78, 5) is 20.9. The fraction of sp³-hybridized carbons (Fsp3) is 0.692. The molecule has 0 N–H and O–H groups in total. The molecule has 0 aromatic heterocycles. The van der Waals surface area contributed by atoms with E-state index >= 15 is 0 Å². The lowest BCUT2D eigenvalue weighted by Gasteiger charge is -2.53. The van der Waals surface area contributed by atoms with Crippen molar-refractivity contribution in [3.05, 3.63) is 35.7 Å². The zero-order valence-electron chi connectivity index (χ0n) is 20.6. The van der Waals surface area contributed by atoms with Crippen LogP contribution in [0.3, 0.4) is 0 Å². The van der Waals surface area contributed by atoms with E-state index in [0.29, 0.717) is 29.3 Å². The van der Waals surface area contributed by atoms with Crippen LogP contribution >= 0.6 is 0 Å². The number of nitrogens with zero attached hydrogens (tertiary/aromatic N) is 3. The maximum Gasteiger partial charge on any atom is 0.222 e. The Bertz CT molecular complexity index is 740. The minimum absolute atomic E-state index is 0.245. The van der Waals surface area contributed by atoms with E-state index in [1.54, 1.807) is 0 Å². The summed E-state index contributed by atoms with van der Waals surface area (Å²) in [6, 6.07) is 0. The van der Waals surface area contributed by atoms with Crippen molar-refractivity contribution in [3.8, 4) is 0 Å². The summed E-state index contributed by atoms with van der Waals surface area (Å²) in [5.41, 5.74) is 2.76. The van der Waals surface area contributed by atoms with Gasteiger partial charge in [0.25, 0.3) is 0 Å². The van der Waals surface area contributed by atoms with E-state index in [1.807, 2.05) is 18.0 Å². The number of likely N-dealkylation sites (N-methyl/N-ethyl adjacent to an activating group) is 1. The van der Waals surface area contributed by atoms with Gasteiger partial charge >= 0.3 is 0 Å². The molecule has 32 heavy (non-hydrogen) atoms. The molecule has 6 heteroatoms. The predicted molar refractivity (Wildman–Crippen MR) is 137 cm³/mol. The summed E-state index contributed by atoms with van der Waals surface area (Å²) >= 11 is 0. The maximum absolute atomic E-state index is 12.5. The first-order chi connectivity index (χ1) is 15.3. The molecule has 2 rings (SSSR count). The van der Waals surface area contributed by atoms with Gasteiger partial charge in [0.15, 0.2) is 0 Å². The molecule has 0 radical (unpaired) electrons. The van der Waals surface area contributed by atoms with Crippen LogP contribution in [0, 0.1) is 11.3 Å². The number of hydrogen-bond donors (Lipinski definition) is 0. The number of rotatable bonds is 12. The number of carbonyl (C=O) groups excluding carboxylic acids is 1. The number of likely N-dealkylation sites (tertiary alicyclic amines) is 1. The molecule has 2 aliphatic rings. The summed E-state index contributed by atoms with van der Waals surface area (Å²) in [7, 11) is 1.38. The molecule has 0 aromatic rings. The van der Waals surface area contributed by atoms with Gasteiger partial charge in [-0.3, -0.25) is 14.0 Å². The second kappa shape index (κ2) is 13.1. The van der Waals surface area contributed by atoms with E-state index in [4.69, 9.17) is 0 Å². The van der Waals surface area contributed by atoms with Crippen molar-refractivity contribution >= 4 is 23.4 Å². The Morgan fingerprint density at radius 3 is 2.56 bits per heavy atom. The van der Waals surface area contributed by atoms with Crippen LogP contribution < -0.4 is 0 Å². The van der Waals surface area contributed by atoms with E-state index in [-0.39, 0.29) is 5.91 Å². The summed E-state index contributed by atoms with van der Waals surface area (Å²) in [6.07, 6.45) is 15.3. The largest absolute Gasteiger partial charge is 0.373 e. The van der Waals surface area contributed by atoms with Crippen molar-refractivity contribution in [3.63, 3.8) is 0 Å². The Morgan fingerprint density at radius 2 is 1.97 bits per heavy atom. The van der Waals surface area contributed by atoms with Crippen molar-refractivity contribution in [1.29, 1.82) is 0 Å². The van der Waals surface area contributed by atoms with Gasteiger partial charge in [-0.15, -0.1) is 0 Å². The molecule has 1 saturated heterocycles. The van der Waals surface area contributed by atoms with Gasteiger partial charge in [0, 0.05) is 61.6 Å². The molecule has 1 aliphatic carbocycles. The first-order valence-electron chi connectivity index (χ1n) is 12.2. The lowest BCUT2D eigenvalue weighted by atomic mass is 9.57. The Hall–Kier alpha value is -1.69. The van der Waals surface area contributed by atoms with Gasteiger partial charge in [-0.25, -0.2) is 0 Å². The highest BCUT2D eigenvalue weighted by molar-refractivity contribution is 7.84. The Labute approximate surface area is 198 Å². The summed E-state index contributed by atoms with van der Waals surface area (Å²) < 4.78 is 11.5. The zero-order valence-corrected chi connectivity index (χ0v) is 21.5. The minimum atomic E-state index is -0.768. The highest BCUT2D eigenvalue weighted by Crippen LogP contribution is 2.52. The molecule has 0 aromatic carbocycles. The number of hydrogen-bond acceptors (Lipinski definition) is 4. The fourth-order valence-electron chi connectivity index (χ4n) is 5.13. The number of carbonyl (C=O) groups is 1. The van der Waals surface area contributed by atoms with E-state index in [2.05, 4.69) is 55.7 Å². The summed E-state index contributed by atoms with van der Waals surface area (Å²) in [5.74, 6) is 2.27. The smallest absolute Gasteiger partial charge is 0.222 e. The predicted octanol–water partition coefficient (Wildman–Crippen LogP) is 4.94. The average Bonchev–Trinajstić information content (AvgIpc) is 2.76. The van der Waals surface area contributed by atoms with Gasteiger partial charge < -0.3 is 9.80 Å². The van der Waals surface area contributed by atoms with Crippen LogP contribution in [0.25, 0.3) is 0 Å². The summed E-state index contributed by atoms with van der Waals surface area (Å²) in [6.45, 7) is 12.6. The number of allylic oxidation sites excluding steroid dienone is 4. The molecule has 1 heterocycles. The van der Waals surface area contributed by atoms with Crippen molar-refractivity contribution < 1.29 is 9.00 Å². The van der Waals surface area contributed by atoms with Gasteiger partial charge in [0.1, 0.15) is 0 Å². The molecule has 1 unspecified atom stereocenters. The van der Waals surface area contributed by atoms with Crippen LogP contribution in [0.5, 0.6) is 0 Å². The molecule has 1 amide bonds. The van der Waals surface area contributed by atoms with Crippen LogP contribution in [0.2, 0.25) is 0 Å². The molecular weight excluding hydrogens is 418 g/mol. The molecule has 1 atom stereocenters. The zero-order chi connectivity index (χ0) is 23.6. The monoisotopic (exact) mass is 461 g/mol. The summed E-state index contributed by atoms with van der Waals surface area (Å²) in [5, 5.41) is 0. The quantitative estimate of drug-likeness (QED) is 0.305. The van der Waals surface area contributed by atoms with Crippen LogP contribution in [0.1, 0.15) is 65.7 Å². The van der Waals surface area contributed by atoms with Gasteiger partial charge in [-0.05, 0) is 69.1 Å². The van der Waals surface area contributed by atoms with Gasteiger partial charge in [-0.2, -0.15) is 0 Å². The van der Waals surface area contributed by atoms with Crippen LogP contribution in [-0.4, -0.2) is 64.8 Å². The topological polar surface area (TPSA) is 53.0 Å². The molecule has 180 valence electrons. The van der Waals surface area contributed by atoms with Crippen LogP contribution in [0.4, 0.5) is 0 Å². The molecule has 1 aliphatic heterocycles. The number of amides is 1. The third-order valence-corrected chi connectivity index (χ3v) is 8.37. The third-order valence-electron chi connectivity index (χ3n) is 6.98. The lowest BCUT2D eigenvalue weighted by molar-refractivity contribution is -0.135. The van der Waals surface area contributed by atoms with Crippen molar-refractivity contribution in [2.24, 2.45) is 16.3 Å². The normalized spacial score (nSPS) is 20.4. The minimum Gasteiger partial charge on any atom is -0.373 e. The first-order valence-corrected chi connectivity index (χ1v) is 13.7. The second-order valence-electron chi connectivity index (χ2n) is 9.45. The fourth-order valence-corrected chi connectivity index (χ4v) is 5.88. The van der Waals surface area contributed by atoms with E-state index in [1.165, 1.54) is 18.4 Å². The molecule has 2 fully saturated rings. The standard InChI is InChI=1S/C26H43N3O2S/c1-6-8-9-11-22(3)24(20-27-4)28(5)21-23-18-26(19-23)13-15-29(16-14-26)25(30)12-10-17-32(31)7-2/h8-9,11,20,23H,4,6-7,10,12-19,21H2,1-3,5H3/b9-8-,22-11+,24-20-. The molecule has 0 bridgehead atoms.